The third kappa shape index (κ3) is 4.73. The number of nitrogens with two attached hydrogens (primary N) is 2. The first-order valence-corrected chi connectivity index (χ1v) is 6.41. The zero-order valence-corrected chi connectivity index (χ0v) is 10.6. The lowest BCUT2D eigenvalue weighted by Crippen LogP contribution is -2.37. The second-order valence-corrected chi connectivity index (χ2v) is 4.67. The molecule has 1 fully saturated rings. The highest BCUT2D eigenvalue weighted by Gasteiger charge is 2.27. The van der Waals surface area contributed by atoms with Crippen molar-refractivity contribution in [1.29, 1.82) is 0 Å². The predicted molar refractivity (Wildman–Crippen MR) is 69.7 cm³/mol. The van der Waals surface area contributed by atoms with Gasteiger partial charge in [0.15, 0.2) is 11.7 Å². The van der Waals surface area contributed by atoms with Gasteiger partial charge in [-0.05, 0) is 32.7 Å². The number of carbonyl (C=O) groups is 1. The molecule has 17 heavy (non-hydrogen) atoms. The minimum absolute atomic E-state index is 0.0349. The first-order valence-electron chi connectivity index (χ1n) is 6.41. The van der Waals surface area contributed by atoms with Gasteiger partial charge >= 0.3 is 0 Å². The van der Waals surface area contributed by atoms with E-state index in [1.54, 1.807) is 0 Å². The van der Waals surface area contributed by atoms with Crippen LogP contribution in [0.15, 0.2) is 4.99 Å². The van der Waals surface area contributed by atoms with E-state index in [-0.39, 0.29) is 17.9 Å². The molecule has 1 aliphatic carbocycles. The lowest BCUT2D eigenvalue weighted by atomic mass is 9.94. The summed E-state index contributed by atoms with van der Waals surface area (Å²) < 4.78 is 0. The van der Waals surface area contributed by atoms with Crippen LogP contribution < -0.4 is 16.8 Å². The average molecular weight is 240 g/mol. The van der Waals surface area contributed by atoms with E-state index >= 15 is 0 Å². The van der Waals surface area contributed by atoms with Gasteiger partial charge in [-0.25, -0.2) is 0 Å². The molecule has 0 aromatic rings. The van der Waals surface area contributed by atoms with Crippen molar-refractivity contribution in [3.8, 4) is 0 Å². The molecule has 1 saturated carbocycles. The molecule has 0 aromatic heterocycles. The van der Waals surface area contributed by atoms with E-state index in [2.05, 4.69) is 10.3 Å². The number of ketones is 1. The summed E-state index contributed by atoms with van der Waals surface area (Å²) in [5.74, 6) is 0.762. The number of carbonyl (C=O) groups excluding carboxylic acids is 1. The fraction of sp³-hybridized carbons (Fsp3) is 0.833. The van der Waals surface area contributed by atoms with Gasteiger partial charge in [-0.15, -0.1) is 0 Å². The van der Waals surface area contributed by atoms with Crippen molar-refractivity contribution in [1.82, 2.24) is 5.32 Å². The summed E-state index contributed by atoms with van der Waals surface area (Å²) in [5, 5.41) is 3.11. The van der Waals surface area contributed by atoms with Gasteiger partial charge < -0.3 is 16.8 Å². The summed E-state index contributed by atoms with van der Waals surface area (Å²) >= 11 is 0. The highest BCUT2D eigenvalue weighted by Crippen LogP contribution is 2.27. The molecule has 1 unspecified atom stereocenters. The third-order valence-electron chi connectivity index (χ3n) is 3.39. The van der Waals surface area contributed by atoms with Crippen LogP contribution in [-0.2, 0) is 4.79 Å². The zero-order chi connectivity index (χ0) is 12.7. The number of nitrogens with one attached hydrogen (secondary N) is 1. The highest BCUT2D eigenvalue weighted by molar-refractivity contribution is 5.86. The van der Waals surface area contributed by atoms with Gasteiger partial charge in [0.1, 0.15) is 0 Å². The number of hydrogen-bond acceptors (Lipinski definition) is 3. The van der Waals surface area contributed by atoms with Crippen molar-refractivity contribution in [3.63, 3.8) is 0 Å². The van der Waals surface area contributed by atoms with E-state index in [4.69, 9.17) is 11.5 Å². The van der Waals surface area contributed by atoms with Crippen molar-refractivity contribution in [2.75, 3.05) is 13.6 Å². The van der Waals surface area contributed by atoms with Crippen LogP contribution in [0.3, 0.4) is 0 Å². The van der Waals surface area contributed by atoms with Gasteiger partial charge in [0.2, 0.25) is 0 Å². The maximum Gasteiger partial charge on any atom is 0.185 e. The molecule has 1 aliphatic rings. The Morgan fingerprint density at radius 3 is 2.59 bits per heavy atom. The fourth-order valence-electron chi connectivity index (χ4n) is 2.43. The fourth-order valence-corrected chi connectivity index (χ4v) is 2.43. The van der Waals surface area contributed by atoms with Crippen LogP contribution in [0.25, 0.3) is 0 Å². The summed E-state index contributed by atoms with van der Waals surface area (Å²) in [6, 6.07) is -0.0349. The molecule has 1 atom stereocenters. The van der Waals surface area contributed by atoms with E-state index in [1.807, 2.05) is 7.05 Å². The molecule has 0 amide bonds. The number of Topliss-reactive ketones (excluding diaryl/α,β-unsaturated/α-hetero) is 1. The van der Waals surface area contributed by atoms with Crippen LogP contribution in [0.2, 0.25) is 0 Å². The second-order valence-electron chi connectivity index (χ2n) is 4.67. The molecule has 5 N–H and O–H groups in total. The molecule has 0 bridgehead atoms. The number of guanidine groups is 1. The molecular weight excluding hydrogens is 216 g/mol. The van der Waals surface area contributed by atoms with E-state index in [0.717, 1.165) is 25.7 Å². The van der Waals surface area contributed by atoms with Gasteiger partial charge in [0.25, 0.3) is 0 Å². The number of nitrogens with zero attached hydrogens (tertiary/aromatic N) is 1. The van der Waals surface area contributed by atoms with Crippen LogP contribution in [0, 0.1) is 5.92 Å². The van der Waals surface area contributed by atoms with E-state index < -0.39 is 0 Å². The summed E-state index contributed by atoms with van der Waals surface area (Å²) in [4.78, 5) is 16.1. The standard InChI is InChI=1S/C12H24N4O/c1-15-10(7-4-8-16-12(13)14)11(17)9-5-2-3-6-9/h9-10,15H,2-8H2,1H3,(H4,13,14,16). The Hall–Kier alpha value is -1.10. The Kier molecular flexibility index (Phi) is 5.97. The first-order chi connectivity index (χ1) is 8.15. The lowest BCUT2D eigenvalue weighted by molar-refractivity contribution is -0.124. The minimum atomic E-state index is -0.0349. The number of hydrogen-bond donors (Lipinski definition) is 3. The van der Waals surface area contributed by atoms with Gasteiger partial charge in [-0.3, -0.25) is 9.79 Å². The van der Waals surface area contributed by atoms with Crippen molar-refractivity contribution < 1.29 is 4.79 Å². The quantitative estimate of drug-likeness (QED) is 0.341. The van der Waals surface area contributed by atoms with Crippen LogP contribution >= 0.6 is 0 Å². The molecule has 0 aliphatic heterocycles. The van der Waals surface area contributed by atoms with Crippen LogP contribution in [0.4, 0.5) is 0 Å². The molecule has 0 saturated heterocycles. The molecular formula is C12H24N4O. The normalized spacial score (nSPS) is 17.9. The van der Waals surface area contributed by atoms with E-state index in [1.165, 1.54) is 12.8 Å². The summed E-state index contributed by atoms with van der Waals surface area (Å²) in [7, 11) is 1.85. The summed E-state index contributed by atoms with van der Waals surface area (Å²) in [6.07, 6.45) is 6.15. The SMILES string of the molecule is CNC(CCCN=C(N)N)C(=O)C1CCCC1. The third-order valence-corrected chi connectivity index (χ3v) is 3.39. The molecule has 5 heteroatoms. The Morgan fingerprint density at radius 1 is 1.41 bits per heavy atom. The largest absolute Gasteiger partial charge is 0.370 e. The van der Waals surface area contributed by atoms with E-state index in [0.29, 0.717) is 12.3 Å². The topological polar surface area (TPSA) is 93.5 Å². The molecule has 98 valence electrons. The average Bonchev–Trinajstić information content (AvgIpc) is 2.81. The summed E-state index contributed by atoms with van der Waals surface area (Å²) in [6.45, 7) is 0.596. The lowest BCUT2D eigenvalue weighted by Gasteiger charge is -2.18. The van der Waals surface area contributed by atoms with Crippen LogP contribution in [0.5, 0.6) is 0 Å². The Bertz CT molecular complexity index is 268. The van der Waals surface area contributed by atoms with Crippen molar-refractivity contribution >= 4 is 11.7 Å². The molecule has 0 aromatic carbocycles. The molecule has 5 nitrogen and oxygen atoms in total. The number of rotatable bonds is 7. The monoisotopic (exact) mass is 240 g/mol. The van der Waals surface area contributed by atoms with Gasteiger partial charge in [-0.2, -0.15) is 0 Å². The first kappa shape index (κ1) is 14.0. The predicted octanol–water partition coefficient (Wildman–Crippen LogP) is 0.387. The van der Waals surface area contributed by atoms with Crippen molar-refractivity contribution in [3.05, 3.63) is 0 Å². The maximum atomic E-state index is 12.2. The van der Waals surface area contributed by atoms with Gasteiger partial charge in [0.05, 0.1) is 6.04 Å². The van der Waals surface area contributed by atoms with Gasteiger partial charge in [-0.1, -0.05) is 12.8 Å². The van der Waals surface area contributed by atoms with Crippen LogP contribution in [-0.4, -0.2) is 31.4 Å². The molecule has 0 heterocycles. The van der Waals surface area contributed by atoms with Crippen molar-refractivity contribution in [2.24, 2.45) is 22.4 Å². The number of likely N-dealkylation sites (N-methyl/N-ethyl adjacent to an activating group) is 1. The minimum Gasteiger partial charge on any atom is -0.370 e. The molecule has 0 spiro atoms. The summed E-state index contributed by atoms with van der Waals surface area (Å²) in [5.41, 5.74) is 10.5. The Labute approximate surface area is 103 Å². The second kappa shape index (κ2) is 7.27. The number of aliphatic imine (C=N–C) groups is 1. The van der Waals surface area contributed by atoms with E-state index in [9.17, 15) is 4.79 Å². The highest BCUT2D eigenvalue weighted by atomic mass is 16.1. The smallest absolute Gasteiger partial charge is 0.185 e. The van der Waals surface area contributed by atoms with Crippen molar-refractivity contribution in [2.45, 2.75) is 44.6 Å². The molecule has 0 radical (unpaired) electrons. The van der Waals surface area contributed by atoms with Crippen LogP contribution in [0.1, 0.15) is 38.5 Å². The Morgan fingerprint density at radius 2 is 2.06 bits per heavy atom. The Balaban J connectivity index is 2.31. The zero-order valence-electron chi connectivity index (χ0n) is 10.6. The maximum absolute atomic E-state index is 12.2. The van der Waals surface area contributed by atoms with Gasteiger partial charge in [0, 0.05) is 12.5 Å². The molecule has 1 rings (SSSR count).